The van der Waals surface area contributed by atoms with Crippen molar-refractivity contribution < 1.29 is 14.2 Å². The molecule has 2 unspecified atom stereocenters. The average Bonchev–Trinajstić information content (AvgIpc) is 2.48. The van der Waals surface area contributed by atoms with Crippen LogP contribution in [0.15, 0.2) is 12.1 Å². The zero-order chi connectivity index (χ0) is 12.8. The van der Waals surface area contributed by atoms with E-state index in [1.807, 2.05) is 13.8 Å². The van der Waals surface area contributed by atoms with Gasteiger partial charge in [-0.05, 0) is 32.4 Å². The Labute approximate surface area is 100 Å². The maximum atomic E-state index is 13.8. The van der Waals surface area contributed by atoms with Gasteiger partial charge in [0.25, 0.3) is 0 Å². The Hall–Kier alpha value is -1.13. The van der Waals surface area contributed by atoms with Gasteiger partial charge < -0.3 is 15.6 Å². The third-order valence-electron chi connectivity index (χ3n) is 3.00. The molecule has 1 heterocycles. The van der Waals surface area contributed by atoms with Gasteiger partial charge in [-0.25, -0.2) is 4.39 Å². The van der Waals surface area contributed by atoms with Crippen molar-refractivity contribution in [1.82, 2.24) is 0 Å². The number of hydrogen-bond donors (Lipinski definition) is 2. The van der Waals surface area contributed by atoms with Crippen molar-refractivity contribution >= 4 is 0 Å². The molecule has 1 aliphatic rings. The van der Waals surface area contributed by atoms with Gasteiger partial charge in [-0.2, -0.15) is 0 Å². The SMILES string of the molecule is CC(N)C(O)c1cc2c(cc1F)OC(C)(C)C2. The van der Waals surface area contributed by atoms with E-state index < -0.39 is 18.0 Å². The van der Waals surface area contributed by atoms with E-state index in [-0.39, 0.29) is 11.2 Å². The summed E-state index contributed by atoms with van der Waals surface area (Å²) in [6.07, 6.45) is -0.273. The van der Waals surface area contributed by atoms with Crippen molar-refractivity contribution in [3.63, 3.8) is 0 Å². The van der Waals surface area contributed by atoms with Crippen molar-refractivity contribution in [2.24, 2.45) is 5.73 Å². The van der Waals surface area contributed by atoms with Crippen LogP contribution in [-0.2, 0) is 6.42 Å². The Bertz CT molecular complexity index is 443. The van der Waals surface area contributed by atoms with Crippen LogP contribution in [0.2, 0.25) is 0 Å². The second kappa shape index (κ2) is 3.96. The minimum Gasteiger partial charge on any atom is -0.487 e. The van der Waals surface area contributed by atoms with Crippen molar-refractivity contribution in [3.05, 3.63) is 29.1 Å². The lowest BCUT2D eigenvalue weighted by Crippen LogP contribution is -2.25. The first-order valence-corrected chi connectivity index (χ1v) is 5.75. The highest BCUT2D eigenvalue weighted by atomic mass is 19.1. The molecule has 2 rings (SSSR count). The number of fused-ring (bicyclic) bond motifs is 1. The maximum absolute atomic E-state index is 13.8. The zero-order valence-electron chi connectivity index (χ0n) is 10.3. The van der Waals surface area contributed by atoms with E-state index in [2.05, 4.69) is 0 Å². The van der Waals surface area contributed by atoms with Crippen LogP contribution in [0.4, 0.5) is 4.39 Å². The molecule has 1 aromatic rings. The predicted molar refractivity (Wildman–Crippen MR) is 63.4 cm³/mol. The molecule has 0 radical (unpaired) electrons. The summed E-state index contributed by atoms with van der Waals surface area (Å²) in [4.78, 5) is 0. The lowest BCUT2D eigenvalue weighted by Gasteiger charge is -2.17. The van der Waals surface area contributed by atoms with E-state index in [4.69, 9.17) is 10.5 Å². The number of rotatable bonds is 2. The van der Waals surface area contributed by atoms with Crippen molar-refractivity contribution in [1.29, 1.82) is 0 Å². The normalized spacial score (nSPS) is 20.6. The quantitative estimate of drug-likeness (QED) is 0.829. The van der Waals surface area contributed by atoms with E-state index in [0.717, 1.165) is 5.56 Å². The molecule has 0 bridgehead atoms. The van der Waals surface area contributed by atoms with E-state index >= 15 is 0 Å². The van der Waals surface area contributed by atoms with Gasteiger partial charge in [-0.1, -0.05) is 0 Å². The van der Waals surface area contributed by atoms with Gasteiger partial charge >= 0.3 is 0 Å². The van der Waals surface area contributed by atoms with Crippen LogP contribution in [0.5, 0.6) is 5.75 Å². The molecule has 0 aromatic heterocycles. The fraction of sp³-hybridized carbons (Fsp3) is 0.538. The summed E-state index contributed by atoms with van der Waals surface area (Å²) >= 11 is 0. The van der Waals surface area contributed by atoms with Crippen LogP contribution in [0.25, 0.3) is 0 Å². The van der Waals surface area contributed by atoms with Gasteiger partial charge in [-0.15, -0.1) is 0 Å². The van der Waals surface area contributed by atoms with Gasteiger partial charge in [-0.3, -0.25) is 0 Å². The summed E-state index contributed by atoms with van der Waals surface area (Å²) in [7, 11) is 0. The van der Waals surface area contributed by atoms with E-state index in [1.54, 1.807) is 13.0 Å². The molecule has 94 valence electrons. The minimum absolute atomic E-state index is 0.250. The molecule has 1 aromatic carbocycles. The van der Waals surface area contributed by atoms with Crippen molar-refractivity contribution in [2.45, 2.75) is 44.9 Å². The van der Waals surface area contributed by atoms with Gasteiger partial charge in [0.1, 0.15) is 17.2 Å². The van der Waals surface area contributed by atoms with Crippen LogP contribution in [0.1, 0.15) is 38.0 Å². The number of aliphatic hydroxyl groups is 1. The highest BCUT2D eigenvalue weighted by Crippen LogP contribution is 2.37. The van der Waals surface area contributed by atoms with Crippen LogP contribution in [0, 0.1) is 5.82 Å². The number of benzene rings is 1. The van der Waals surface area contributed by atoms with E-state index in [9.17, 15) is 9.50 Å². The summed E-state index contributed by atoms with van der Waals surface area (Å²) in [5.41, 5.74) is 6.45. The standard InChI is InChI=1S/C13H18FNO2/c1-7(15)12(16)9-4-8-6-13(2,3)17-11(8)5-10(9)14/h4-5,7,12,16H,6,15H2,1-3H3. The summed E-state index contributed by atoms with van der Waals surface area (Å²) < 4.78 is 19.4. The molecule has 0 saturated heterocycles. The second-order valence-corrected chi connectivity index (χ2v) is 5.32. The van der Waals surface area contributed by atoms with Crippen LogP contribution >= 0.6 is 0 Å². The lowest BCUT2D eigenvalue weighted by atomic mass is 9.96. The lowest BCUT2D eigenvalue weighted by molar-refractivity contribution is 0.138. The second-order valence-electron chi connectivity index (χ2n) is 5.32. The summed E-state index contributed by atoms with van der Waals surface area (Å²) in [5.74, 6) is 0.0966. The molecule has 0 amide bonds. The topological polar surface area (TPSA) is 55.5 Å². The summed E-state index contributed by atoms with van der Waals surface area (Å²) in [6.45, 7) is 5.55. The number of nitrogens with two attached hydrogens (primary N) is 1. The first-order chi connectivity index (χ1) is 7.80. The Morgan fingerprint density at radius 1 is 1.47 bits per heavy atom. The third kappa shape index (κ3) is 2.28. The van der Waals surface area contributed by atoms with Gasteiger partial charge in [0.15, 0.2) is 0 Å². The molecular weight excluding hydrogens is 221 g/mol. The molecule has 3 nitrogen and oxygen atoms in total. The largest absolute Gasteiger partial charge is 0.487 e. The molecule has 0 aliphatic carbocycles. The average molecular weight is 239 g/mol. The highest BCUT2D eigenvalue weighted by molar-refractivity contribution is 5.43. The molecule has 0 fully saturated rings. The Morgan fingerprint density at radius 2 is 2.12 bits per heavy atom. The fourth-order valence-electron chi connectivity index (χ4n) is 2.15. The molecule has 4 heteroatoms. The fourth-order valence-corrected chi connectivity index (χ4v) is 2.15. The number of ether oxygens (including phenoxy) is 1. The first kappa shape index (κ1) is 12.3. The minimum atomic E-state index is -0.982. The molecule has 17 heavy (non-hydrogen) atoms. The third-order valence-corrected chi connectivity index (χ3v) is 3.00. The number of halogens is 1. The predicted octanol–water partition coefficient (Wildman–Crippen LogP) is 1.92. The van der Waals surface area contributed by atoms with Crippen LogP contribution < -0.4 is 10.5 Å². The molecular formula is C13H18FNO2. The smallest absolute Gasteiger partial charge is 0.132 e. The monoisotopic (exact) mass is 239 g/mol. The summed E-state index contributed by atoms with van der Waals surface area (Å²) in [6, 6.07) is 2.50. The summed E-state index contributed by atoms with van der Waals surface area (Å²) in [5, 5.41) is 9.83. The van der Waals surface area contributed by atoms with E-state index in [0.29, 0.717) is 12.2 Å². The molecule has 3 N–H and O–H groups in total. The number of hydrogen-bond acceptors (Lipinski definition) is 3. The Balaban J connectivity index is 2.40. The van der Waals surface area contributed by atoms with Gasteiger partial charge in [0, 0.05) is 24.1 Å². The zero-order valence-corrected chi connectivity index (χ0v) is 10.3. The van der Waals surface area contributed by atoms with Gasteiger partial charge in [0.05, 0.1) is 6.10 Å². The molecule has 1 aliphatic heterocycles. The Kier molecular flexibility index (Phi) is 2.87. The maximum Gasteiger partial charge on any atom is 0.132 e. The first-order valence-electron chi connectivity index (χ1n) is 5.75. The number of aliphatic hydroxyl groups excluding tert-OH is 1. The van der Waals surface area contributed by atoms with Crippen molar-refractivity contribution in [3.8, 4) is 5.75 Å². The molecule has 2 atom stereocenters. The van der Waals surface area contributed by atoms with E-state index in [1.165, 1.54) is 6.07 Å². The Morgan fingerprint density at radius 3 is 2.71 bits per heavy atom. The van der Waals surface area contributed by atoms with Crippen molar-refractivity contribution in [2.75, 3.05) is 0 Å². The van der Waals surface area contributed by atoms with Gasteiger partial charge in [0.2, 0.25) is 0 Å². The molecule has 0 saturated carbocycles. The van der Waals surface area contributed by atoms with Crippen LogP contribution in [0.3, 0.4) is 0 Å². The van der Waals surface area contributed by atoms with Crippen LogP contribution in [-0.4, -0.2) is 16.7 Å². The highest BCUT2D eigenvalue weighted by Gasteiger charge is 2.32. The molecule has 0 spiro atoms.